The number of pyridine rings is 1. The van der Waals surface area contributed by atoms with E-state index in [1.54, 1.807) is 12.1 Å². The second kappa shape index (κ2) is 6.81. The molecule has 0 radical (unpaired) electrons. The van der Waals surface area contributed by atoms with Crippen LogP contribution in [-0.4, -0.2) is 38.7 Å². The second-order valence-electron chi connectivity index (χ2n) is 5.97. The lowest BCUT2D eigenvalue weighted by Gasteiger charge is -2.32. The molecule has 1 aliphatic heterocycles. The van der Waals surface area contributed by atoms with E-state index in [1.807, 2.05) is 11.1 Å². The van der Waals surface area contributed by atoms with Crippen LogP contribution in [0.1, 0.15) is 48.3 Å². The van der Waals surface area contributed by atoms with Crippen molar-refractivity contribution in [3.8, 4) is 0 Å². The number of aryl methyl sites for hydroxylation is 1. The van der Waals surface area contributed by atoms with Crippen molar-refractivity contribution in [1.82, 2.24) is 19.7 Å². The average molecular weight is 314 g/mol. The number of hydrogen-bond donors (Lipinski definition) is 1. The van der Waals surface area contributed by atoms with Gasteiger partial charge in [0.25, 0.3) is 5.91 Å². The fraction of sp³-hybridized carbons (Fsp3) is 0.471. The van der Waals surface area contributed by atoms with Crippen LogP contribution in [0.2, 0.25) is 0 Å². The number of H-pyrrole nitrogens is 1. The zero-order valence-electron chi connectivity index (χ0n) is 13.4. The quantitative estimate of drug-likeness (QED) is 0.938. The Hall–Kier alpha value is -2.37. The molecular formula is C17H22N4O2. The number of piperidine rings is 1. The number of nitrogens with zero attached hydrogens (tertiary/aromatic N) is 3. The van der Waals surface area contributed by atoms with Gasteiger partial charge in [-0.3, -0.25) is 14.3 Å². The summed E-state index contributed by atoms with van der Waals surface area (Å²) < 4.78 is 2.08. The second-order valence-corrected chi connectivity index (χ2v) is 5.97. The van der Waals surface area contributed by atoms with E-state index in [0.29, 0.717) is 24.7 Å². The summed E-state index contributed by atoms with van der Waals surface area (Å²) in [7, 11) is 0. The van der Waals surface area contributed by atoms with Crippen molar-refractivity contribution in [2.45, 2.75) is 38.6 Å². The molecule has 1 N–H and O–H groups in total. The van der Waals surface area contributed by atoms with E-state index in [4.69, 9.17) is 0 Å². The molecule has 0 aromatic carbocycles. The third-order valence-corrected chi connectivity index (χ3v) is 4.38. The van der Waals surface area contributed by atoms with E-state index < -0.39 is 0 Å². The SMILES string of the molecule is CCCn1nccc1C1CCN(C(=O)c2cccc(=O)[nH]2)CC1. The summed E-state index contributed by atoms with van der Waals surface area (Å²) in [5.74, 6) is 0.353. The molecule has 122 valence electrons. The fourth-order valence-electron chi connectivity index (χ4n) is 3.21. The highest BCUT2D eigenvalue weighted by Crippen LogP contribution is 2.28. The predicted octanol–water partition coefficient (Wildman–Crippen LogP) is 2.00. The Labute approximate surface area is 135 Å². The molecule has 1 saturated heterocycles. The van der Waals surface area contributed by atoms with Crippen molar-refractivity contribution < 1.29 is 4.79 Å². The fourth-order valence-corrected chi connectivity index (χ4v) is 3.21. The summed E-state index contributed by atoms with van der Waals surface area (Å²) in [6, 6.07) is 6.78. The van der Waals surface area contributed by atoms with E-state index >= 15 is 0 Å². The molecule has 0 spiro atoms. The molecule has 2 aromatic heterocycles. The molecule has 1 amide bonds. The maximum atomic E-state index is 12.5. The van der Waals surface area contributed by atoms with Crippen LogP contribution in [0.3, 0.4) is 0 Å². The zero-order chi connectivity index (χ0) is 16.2. The number of hydrogen-bond acceptors (Lipinski definition) is 3. The average Bonchev–Trinajstić information content (AvgIpc) is 3.03. The Morgan fingerprint density at radius 2 is 2.09 bits per heavy atom. The normalized spacial score (nSPS) is 15.8. The maximum absolute atomic E-state index is 12.5. The van der Waals surface area contributed by atoms with Crippen LogP contribution in [0.25, 0.3) is 0 Å². The zero-order valence-corrected chi connectivity index (χ0v) is 13.4. The number of amides is 1. The molecule has 0 unspecified atom stereocenters. The monoisotopic (exact) mass is 314 g/mol. The van der Waals surface area contributed by atoms with Crippen LogP contribution in [0.4, 0.5) is 0 Å². The first kappa shape index (κ1) is 15.5. The van der Waals surface area contributed by atoms with E-state index in [1.165, 1.54) is 11.8 Å². The highest BCUT2D eigenvalue weighted by atomic mass is 16.2. The third-order valence-electron chi connectivity index (χ3n) is 4.38. The van der Waals surface area contributed by atoms with E-state index in [9.17, 15) is 9.59 Å². The lowest BCUT2D eigenvalue weighted by molar-refractivity contribution is 0.0705. The Bertz CT molecular complexity index is 726. The van der Waals surface area contributed by atoms with Gasteiger partial charge in [0, 0.05) is 43.5 Å². The summed E-state index contributed by atoms with van der Waals surface area (Å²) in [6.45, 7) is 4.50. The van der Waals surface area contributed by atoms with Gasteiger partial charge in [-0.2, -0.15) is 5.10 Å². The Balaban J connectivity index is 1.65. The van der Waals surface area contributed by atoms with Crippen LogP contribution in [0.5, 0.6) is 0 Å². The van der Waals surface area contributed by atoms with Crippen LogP contribution >= 0.6 is 0 Å². The van der Waals surface area contributed by atoms with Crippen molar-refractivity contribution in [2.75, 3.05) is 13.1 Å². The number of carbonyl (C=O) groups excluding carboxylic acids is 1. The number of likely N-dealkylation sites (tertiary alicyclic amines) is 1. The first-order valence-electron chi connectivity index (χ1n) is 8.19. The number of carbonyl (C=O) groups is 1. The first-order valence-corrected chi connectivity index (χ1v) is 8.19. The topological polar surface area (TPSA) is 71.0 Å². The van der Waals surface area contributed by atoms with Crippen molar-refractivity contribution in [3.63, 3.8) is 0 Å². The van der Waals surface area contributed by atoms with E-state index in [-0.39, 0.29) is 11.5 Å². The molecule has 1 aliphatic rings. The standard InChI is InChI=1S/C17H22N4O2/c1-2-10-21-15(6-9-18-21)13-7-11-20(12-8-13)17(23)14-4-3-5-16(22)19-14/h3-6,9,13H,2,7-8,10-12H2,1H3,(H,19,22). The Kier molecular flexibility index (Phi) is 4.60. The van der Waals surface area contributed by atoms with Crippen molar-refractivity contribution in [1.29, 1.82) is 0 Å². The highest BCUT2D eigenvalue weighted by Gasteiger charge is 2.26. The molecule has 0 atom stereocenters. The third kappa shape index (κ3) is 3.36. The number of aromatic amines is 1. The maximum Gasteiger partial charge on any atom is 0.270 e. The molecular weight excluding hydrogens is 292 g/mol. The molecule has 0 bridgehead atoms. The smallest absolute Gasteiger partial charge is 0.270 e. The highest BCUT2D eigenvalue weighted by molar-refractivity contribution is 5.92. The van der Waals surface area contributed by atoms with Gasteiger partial charge in [0.2, 0.25) is 5.56 Å². The summed E-state index contributed by atoms with van der Waals surface area (Å²) in [5.41, 5.74) is 1.40. The van der Waals surface area contributed by atoms with Gasteiger partial charge in [0.1, 0.15) is 5.69 Å². The molecule has 3 heterocycles. The molecule has 23 heavy (non-hydrogen) atoms. The molecule has 6 nitrogen and oxygen atoms in total. The lowest BCUT2D eigenvalue weighted by atomic mass is 9.93. The summed E-state index contributed by atoms with van der Waals surface area (Å²) >= 11 is 0. The van der Waals surface area contributed by atoms with E-state index in [2.05, 4.69) is 27.8 Å². The van der Waals surface area contributed by atoms with Crippen molar-refractivity contribution in [3.05, 3.63) is 52.2 Å². The van der Waals surface area contributed by atoms with Gasteiger partial charge >= 0.3 is 0 Å². The van der Waals surface area contributed by atoms with Gasteiger partial charge in [0.05, 0.1) is 0 Å². The minimum absolute atomic E-state index is 0.0942. The van der Waals surface area contributed by atoms with Crippen molar-refractivity contribution in [2.24, 2.45) is 0 Å². The summed E-state index contributed by atoms with van der Waals surface area (Å²) in [5, 5.41) is 4.39. The first-order chi connectivity index (χ1) is 11.2. The summed E-state index contributed by atoms with van der Waals surface area (Å²) in [6.07, 6.45) is 4.78. The Morgan fingerprint density at radius 1 is 1.30 bits per heavy atom. The van der Waals surface area contributed by atoms with Crippen LogP contribution < -0.4 is 5.56 Å². The van der Waals surface area contributed by atoms with E-state index in [0.717, 1.165) is 25.8 Å². The summed E-state index contributed by atoms with van der Waals surface area (Å²) in [4.78, 5) is 28.2. The Morgan fingerprint density at radius 3 is 2.78 bits per heavy atom. The molecule has 0 aliphatic carbocycles. The van der Waals surface area contributed by atoms with Gasteiger partial charge in [-0.1, -0.05) is 13.0 Å². The minimum Gasteiger partial charge on any atom is -0.337 e. The van der Waals surface area contributed by atoms with Crippen LogP contribution in [0, 0.1) is 0 Å². The lowest BCUT2D eigenvalue weighted by Crippen LogP contribution is -2.39. The van der Waals surface area contributed by atoms with Gasteiger partial charge in [0.15, 0.2) is 0 Å². The van der Waals surface area contributed by atoms with Gasteiger partial charge in [-0.15, -0.1) is 0 Å². The molecule has 0 saturated carbocycles. The van der Waals surface area contributed by atoms with Gasteiger partial charge < -0.3 is 9.88 Å². The molecule has 2 aromatic rings. The molecule has 3 rings (SSSR count). The van der Waals surface area contributed by atoms with Crippen molar-refractivity contribution >= 4 is 5.91 Å². The largest absolute Gasteiger partial charge is 0.337 e. The number of nitrogens with one attached hydrogen (secondary N) is 1. The number of rotatable bonds is 4. The molecule has 6 heteroatoms. The van der Waals surface area contributed by atoms with Gasteiger partial charge in [-0.05, 0) is 31.4 Å². The van der Waals surface area contributed by atoms with Crippen LogP contribution in [-0.2, 0) is 6.54 Å². The van der Waals surface area contributed by atoms with Gasteiger partial charge in [-0.25, -0.2) is 0 Å². The number of aromatic nitrogens is 3. The predicted molar refractivity (Wildman–Crippen MR) is 87.5 cm³/mol. The minimum atomic E-state index is -0.241. The molecule has 1 fully saturated rings. The van der Waals surface area contributed by atoms with Crippen LogP contribution in [0.15, 0.2) is 35.3 Å².